The number of benzene rings is 2. The third kappa shape index (κ3) is 2.20. The maximum atomic E-state index is 11.0. The predicted molar refractivity (Wildman–Crippen MR) is 62.2 cm³/mol. The summed E-state index contributed by atoms with van der Waals surface area (Å²) in [6.07, 6.45) is 0. The van der Waals surface area contributed by atoms with Crippen LogP contribution in [0.25, 0.3) is 11.1 Å². The van der Waals surface area contributed by atoms with Gasteiger partial charge in [0.2, 0.25) is 0 Å². The molecule has 4 heteroatoms. The molecule has 0 saturated heterocycles. The van der Waals surface area contributed by atoms with Gasteiger partial charge in [0.25, 0.3) is 0 Å². The number of rotatable bonds is 2. The number of carboxylic acids is 1. The molecule has 0 radical (unpaired) electrons. The van der Waals surface area contributed by atoms with Crippen molar-refractivity contribution in [3.05, 3.63) is 48.0 Å². The van der Waals surface area contributed by atoms with Gasteiger partial charge in [-0.05, 0) is 41.5 Å². The fourth-order valence-electron chi connectivity index (χ4n) is 1.63. The highest BCUT2D eigenvalue weighted by Crippen LogP contribution is 2.29. The van der Waals surface area contributed by atoms with Gasteiger partial charge in [0, 0.05) is 0 Å². The van der Waals surface area contributed by atoms with E-state index >= 15 is 0 Å². The second-order valence-electron chi connectivity index (χ2n) is 3.59. The first-order chi connectivity index (χ1) is 8.08. The third-order valence-corrected chi connectivity index (χ3v) is 2.39. The number of hydrogen-bond acceptors (Lipinski definition) is 3. The maximum Gasteiger partial charge on any atom is 0.336 e. The van der Waals surface area contributed by atoms with Gasteiger partial charge in [-0.25, -0.2) is 4.79 Å². The molecule has 0 aliphatic carbocycles. The standard InChI is InChI=1S/C13H10O4/c14-9-3-1-2-8(6-9)12-7-10(15)4-5-11(12)13(16)17/h1-7,14-15H,(H,16,17). The molecule has 17 heavy (non-hydrogen) atoms. The Morgan fingerprint density at radius 2 is 1.65 bits per heavy atom. The van der Waals surface area contributed by atoms with Gasteiger partial charge in [0.1, 0.15) is 11.5 Å². The highest BCUT2D eigenvalue weighted by atomic mass is 16.4. The summed E-state index contributed by atoms with van der Waals surface area (Å²) in [4.78, 5) is 11.0. The lowest BCUT2D eigenvalue weighted by Gasteiger charge is -2.07. The molecule has 4 nitrogen and oxygen atoms in total. The molecule has 0 aliphatic heterocycles. The number of aromatic carboxylic acids is 1. The van der Waals surface area contributed by atoms with Crippen LogP contribution in [-0.2, 0) is 0 Å². The summed E-state index contributed by atoms with van der Waals surface area (Å²) in [5, 5.41) is 27.8. The quantitative estimate of drug-likeness (QED) is 0.740. The number of phenolic OH excluding ortho intramolecular Hbond substituents is 2. The van der Waals surface area contributed by atoms with Crippen LogP contribution in [0.15, 0.2) is 42.5 Å². The lowest BCUT2D eigenvalue weighted by Crippen LogP contribution is -1.99. The molecule has 2 rings (SSSR count). The molecule has 0 amide bonds. The van der Waals surface area contributed by atoms with Crippen LogP contribution < -0.4 is 0 Å². The van der Waals surface area contributed by atoms with Gasteiger partial charge >= 0.3 is 5.97 Å². The Morgan fingerprint density at radius 1 is 0.941 bits per heavy atom. The van der Waals surface area contributed by atoms with Crippen LogP contribution in [0.2, 0.25) is 0 Å². The molecule has 0 atom stereocenters. The van der Waals surface area contributed by atoms with Crippen LogP contribution in [0.4, 0.5) is 0 Å². The van der Waals surface area contributed by atoms with Crippen molar-refractivity contribution >= 4 is 5.97 Å². The van der Waals surface area contributed by atoms with Gasteiger partial charge in [0.15, 0.2) is 0 Å². The minimum absolute atomic E-state index is 0.0201. The lowest BCUT2D eigenvalue weighted by molar-refractivity contribution is 0.0697. The Kier molecular flexibility index (Phi) is 2.70. The van der Waals surface area contributed by atoms with Gasteiger partial charge in [-0.15, -0.1) is 0 Å². The summed E-state index contributed by atoms with van der Waals surface area (Å²) in [6, 6.07) is 10.2. The topological polar surface area (TPSA) is 77.8 Å². The normalized spacial score (nSPS) is 10.1. The number of carboxylic acid groups (broad SMARTS) is 1. The van der Waals surface area contributed by atoms with Crippen LogP contribution in [0.3, 0.4) is 0 Å². The Labute approximate surface area is 97.4 Å². The third-order valence-electron chi connectivity index (χ3n) is 2.39. The van der Waals surface area contributed by atoms with Crippen molar-refractivity contribution in [2.45, 2.75) is 0 Å². The fraction of sp³-hybridized carbons (Fsp3) is 0. The summed E-state index contributed by atoms with van der Waals surface area (Å²) >= 11 is 0. The first-order valence-corrected chi connectivity index (χ1v) is 4.93. The van der Waals surface area contributed by atoms with E-state index in [9.17, 15) is 15.0 Å². The molecule has 0 fully saturated rings. The summed E-state index contributed by atoms with van der Waals surface area (Å²) in [7, 11) is 0. The molecule has 0 aromatic heterocycles. The van der Waals surface area contributed by atoms with E-state index in [0.717, 1.165) is 0 Å². The van der Waals surface area contributed by atoms with Gasteiger partial charge < -0.3 is 15.3 Å². The molecule has 0 saturated carbocycles. The summed E-state index contributed by atoms with van der Waals surface area (Å²) < 4.78 is 0. The highest BCUT2D eigenvalue weighted by molar-refractivity contribution is 5.96. The maximum absolute atomic E-state index is 11.0. The Balaban J connectivity index is 2.65. The van der Waals surface area contributed by atoms with E-state index in [1.165, 1.54) is 30.3 Å². The second kappa shape index (κ2) is 4.17. The average Bonchev–Trinajstić information content (AvgIpc) is 2.28. The Hall–Kier alpha value is -2.49. The SMILES string of the molecule is O=C(O)c1ccc(O)cc1-c1cccc(O)c1. The molecule has 86 valence electrons. The van der Waals surface area contributed by atoms with Crippen molar-refractivity contribution in [2.75, 3.05) is 0 Å². The van der Waals surface area contributed by atoms with Gasteiger partial charge in [-0.2, -0.15) is 0 Å². The van der Waals surface area contributed by atoms with Crippen LogP contribution in [-0.4, -0.2) is 21.3 Å². The fourth-order valence-corrected chi connectivity index (χ4v) is 1.63. The molecule has 0 spiro atoms. The average molecular weight is 230 g/mol. The molecule has 0 unspecified atom stereocenters. The van der Waals surface area contributed by atoms with Crippen LogP contribution in [0.1, 0.15) is 10.4 Å². The van der Waals surface area contributed by atoms with Crippen molar-refractivity contribution in [1.82, 2.24) is 0 Å². The van der Waals surface area contributed by atoms with E-state index in [-0.39, 0.29) is 17.1 Å². The molecular weight excluding hydrogens is 220 g/mol. The molecule has 0 heterocycles. The van der Waals surface area contributed by atoms with Crippen LogP contribution in [0, 0.1) is 0 Å². The number of hydrogen-bond donors (Lipinski definition) is 3. The molecule has 2 aromatic carbocycles. The van der Waals surface area contributed by atoms with E-state index in [4.69, 9.17) is 5.11 Å². The number of carbonyl (C=O) groups is 1. The first-order valence-electron chi connectivity index (χ1n) is 4.93. The Bertz CT molecular complexity index is 575. The first kappa shape index (κ1) is 11.0. The molecule has 0 bridgehead atoms. The highest BCUT2D eigenvalue weighted by Gasteiger charge is 2.12. The minimum atomic E-state index is -1.08. The van der Waals surface area contributed by atoms with Crippen molar-refractivity contribution in [3.63, 3.8) is 0 Å². The van der Waals surface area contributed by atoms with Gasteiger partial charge in [-0.1, -0.05) is 12.1 Å². The summed E-state index contributed by atoms with van der Waals surface area (Å²) in [5.74, 6) is -1.06. The van der Waals surface area contributed by atoms with E-state index in [2.05, 4.69) is 0 Å². The molecular formula is C13H10O4. The summed E-state index contributed by atoms with van der Waals surface area (Å²) in [5.41, 5.74) is 0.986. The zero-order chi connectivity index (χ0) is 12.4. The molecule has 0 aliphatic rings. The van der Waals surface area contributed by atoms with Crippen LogP contribution in [0.5, 0.6) is 11.5 Å². The number of phenols is 2. The number of aromatic hydroxyl groups is 2. The molecule has 3 N–H and O–H groups in total. The van der Waals surface area contributed by atoms with E-state index < -0.39 is 5.97 Å². The smallest absolute Gasteiger partial charge is 0.336 e. The van der Waals surface area contributed by atoms with E-state index in [0.29, 0.717) is 11.1 Å². The van der Waals surface area contributed by atoms with Crippen LogP contribution >= 0.6 is 0 Å². The van der Waals surface area contributed by atoms with E-state index in [1.54, 1.807) is 12.1 Å². The second-order valence-corrected chi connectivity index (χ2v) is 3.59. The van der Waals surface area contributed by atoms with Crippen molar-refractivity contribution in [1.29, 1.82) is 0 Å². The minimum Gasteiger partial charge on any atom is -0.508 e. The lowest BCUT2D eigenvalue weighted by atomic mass is 9.99. The predicted octanol–water partition coefficient (Wildman–Crippen LogP) is 2.46. The van der Waals surface area contributed by atoms with Crippen molar-refractivity contribution in [2.24, 2.45) is 0 Å². The molecule has 2 aromatic rings. The zero-order valence-corrected chi connectivity index (χ0v) is 8.79. The largest absolute Gasteiger partial charge is 0.508 e. The Morgan fingerprint density at radius 3 is 2.29 bits per heavy atom. The van der Waals surface area contributed by atoms with Crippen molar-refractivity contribution in [3.8, 4) is 22.6 Å². The summed E-state index contributed by atoms with van der Waals surface area (Å²) in [6.45, 7) is 0. The zero-order valence-electron chi connectivity index (χ0n) is 8.79. The van der Waals surface area contributed by atoms with Crippen molar-refractivity contribution < 1.29 is 20.1 Å². The monoisotopic (exact) mass is 230 g/mol. The van der Waals surface area contributed by atoms with E-state index in [1.807, 2.05) is 0 Å². The van der Waals surface area contributed by atoms with Gasteiger partial charge in [0.05, 0.1) is 5.56 Å². The van der Waals surface area contributed by atoms with Gasteiger partial charge in [-0.3, -0.25) is 0 Å².